The second kappa shape index (κ2) is 3.20. The molecule has 0 saturated carbocycles. The molecule has 4 nitrogen and oxygen atoms in total. The van der Waals surface area contributed by atoms with Gasteiger partial charge in [0.1, 0.15) is 11.5 Å². The minimum absolute atomic E-state index is 0.773. The fourth-order valence-corrected chi connectivity index (χ4v) is 1.77. The highest BCUT2D eigenvalue weighted by Crippen LogP contribution is 2.27. The normalized spacial score (nSPS) is 11.1. The number of nitrogens with one attached hydrogen (secondary N) is 1. The van der Waals surface area contributed by atoms with E-state index >= 15 is 0 Å². The summed E-state index contributed by atoms with van der Waals surface area (Å²) in [6, 6.07) is 5.82. The van der Waals surface area contributed by atoms with Gasteiger partial charge in [-0.1, -0.05) is 0 Å². The molecular weight excluding hydrogens is 202 g/mol. The Balaban J connectivity index is 2.25. The number of pyridine rings is 1. The van der Waals surface area contributed by atoms with E-state index in [4.69, 9.17) is 4.42 Å². The van der Waals surface area contributed by atoms with Crippen molar-refractivity contribution >= 4 is 10.9 Å². The molecule has 0 saturated heterocycles. The van der Waals surface area contributed by atoms with E-state index in [1.54, 1.807) is 0 Å². The van der Waals surface area contributed by atoms with E-state index < -0.39 is 0 Å². The van der Waals surface area contributed by atoms with Crippen molar-refractivity contribution in [1.82, 2.24) is 15.2 Å². The van der Waals surface area contributed by atoms with Crippen LogP contribution in [0, 0.1) is 13.8 Å². The minimum atomic E-state index is 0.773. The molecule has 4 heteroatoms. The van der Waals surface area contributed by atoms with Crippen LogP contribution in [-0.2, 0) is 0 Å². The standard InChI is InChI=1S/C12H11N3O/c1-7-5-10-9(6-13-7)12(15-14-10)11-4-3-8(2)16-11/h3-6H,1-2H3,(H,14,15). The predicted octanol–water partition coefficient (Wildman–Crippen LogP) is 2.83. The Morgan fingerprint density at radius 3 is 2.88 bits per heavy atom. The lowest BCUT2D eigenvalue weighted by Crippen LogP contribution is -1.79. The van der Waals surface area contributed by atoms with E-state index in [0.29, 0.717) is 0 Å². The van der Waals surface area contributed by atoms with Crippen LogP contribution in [0.2, 0.25) is 0 Å². The fraction of sp³-hybridized carbons (Fsp3) is 0.167. The SMILES string of the molecule is Cc1cc2[nH]nc(-c3ccc(C)o3)c2cn1. The Morgan fingerprint density at radius 1 is 1.25 bits per heavy atom. The van der Waals surface area contributed by atoms with Gasteiger partial charge in [0.2, 0.25) is 0 Å². The smallest absolute Gasteiger partial charge is 0.155 e. The van der Waals surface area contributed by atoms with Crippen LogP contribution in [-0.4, -0.2) is 15.2 Å². The molecule has 3 heterocycles. The van der Waals surface area contributed by atoms with Gasteiger partial charge >= 0.3 is 0 Å². The van der Waals surface area contributed by atoms with Crippen LogP contribution in [0.5, 0.6) is 0 Å². The third kappa shape index (κ3) is 1.31. The second-order valence-corrected chi connectivity index (χ2v) is 3.85. The summed E-state index contributed by atoms with van der Waals surface area (Å²) in [5.41, 5.74) is 2.77. The molecule has 1 N–H and O–H groups in total. The van der Waals surface area contributed by atoms with Crippen molar-refractivity contribution in [3.63, 3.8) is 0 Å². The summed E-state index contributed by atoms with van der Waals surface area (Å²) in [6.07, 6.45) is 1.82. The number of aromatic amines is 1. The molecule has 16 heavy (non-hydrogen) atoms. The van der Waals surface area contributed by atoms with Crippen molar-refractivity contribution in [2.24, 2.45) is 0 Å². The molecule has 80 valence electrons. The maximum atomic E-state index is 5.56. The summed E-state index contributed by atoms with van der Waals surface area (Å²) in [5, 5.41) is 8.23. The van der Waals surface area contributed by atoms with E-state index in [1.165, 1.54) is 0 Å². The highest BCUT2D eigenvalue weighted by molar-refractivity contribution is 5.90. The number of aromatic nitrogens is 3. The highest BCUT2D eigenvalue weighted by Gasteiger charge is 2.11. The van der Waals surface area contributed by atoms with Crippen LogP contribution >= 0.6 is 0 Å². The lowest BCUT2D eigenvalue weighted by atomic mass is 10.2. The van der Waals surface area contributed by atoms with E-state index in [9.17, 15) is 0 Å². The van der Waals surface area contributed by atoms with Crippen molar-refractivity contribution in [3.8, 4) is 11.5 Å². The maximum Gasteiger partial charge on any atom is 0.155 e. The zero-order chi connectivity index (χ0) is 11.1. The van der Waals surface area contributed by atoms with Gasteiger partial charge in [-0.05, 0) is 32.0 Å². The van der Waals surface area contributed by atoms with Crippen LogP contribution in [0.15, 0.2) is 28.8 Å². The number of furan rings is 1. The molecule has 3 aromatic rings. The van der Waals surface area contributed by atoms with Gasteiger partial charge in [-0.25, -0.2) is 0 Å². The predicted molar refractivity (Wildman–Crippen MR) is 61.1 cm³/mol. The molecule has 0 aromatic carbocycles. The van der Waals surface area contributed by atoms with Crippen molar-refractivity contribution in [3.05, 3.63) is 35.9 Å². The van der Waals surface area contributed by atoms with Crippen molar-refractivity contribution in [2.75, 3.05) is 0 Å². The fourth-order valence-electron chi connectivity index (χ4n) is 1.77. The van der Waals surface area contributed by atoms with Crippen molar-refractivity contribution < 1.29 is 4.42 Å². The first kappa shape index (κ1) is 9.15. The average Bonchev–Trinajstić information content (AvgIpc) is 2.83. The Morgan fingerprint density at radius 2 is 2.12 bits per heavy atom. The number of hydrogen-bond donors (Lipinski definition) is 1. The molecule has 0 amide bonds. The molecule has 0 atom stereocenters. The van der Waals surface area contributed by atoms with Gasteiger partial charge in [0.25, 0.3) is 0 Å². The number of hydrogen-bond acceptors (Lipinski definition) is 3. The van der Waals surface area contributed by atoms with Crippen LogP contribution in [0.1, 0.15) is 11.5 Å². The van der Waals surface area contributed by atoms with E-state index in [2.05, 4.69) is 15.2 Å². The quantitative estimate of drug-likeness (QED) is 0.676. The zero-order valence-corrected chi connectivity index (χ0v) is 9.11. The Kier molecular flexibility index (Phi) is 1.83. The van der Waals surface area contributed by atoms with Gasteiger partial charge in [0.15, 0.2) is 5.76 Å². The van der Waals surface area contributed by atoms with Crippen LogP contribution < -0.4 is 0 Å². The third-order valence-corrected chi connectivity index (χ3v) is 2.56. The topological polar surface area (TPSA) is 54.7 Å². The van der Waals surface area contributed by atoms with Gasteiger partial charge in [-0.3, -0.25) is 10.1 Å². The van der Waals surface area contributed by atoms with Crippen LogP contribution in [0.4, 0.5) is 0 Å². The van der Waals surface area contributed by atoms with E-state index in [0.717, 1.165) is 33.8 Å². The molecule has 0 aliphatic carbocycles. The molecule has 0 aliphatic rings. The molecule has 0 fully saturated rings. The Labute approximate surface area is 92.3 Å². The first-order chi connectivity index (χ1) is 7.74. The highest BCUT2D eigenvalue weighted by atomic mass is 16.3. The van der Waals surface area contributed by atoms with Gasteiger partial charge < -0.3 is 4.42 Å². The second-order valence-electron chi connectivity index (χ2n) is 3.85. The van der Waals surface area contributed by atoms with Gasteiger partial charge in [-0.15, -0.1) is 0 Å². The maximum absolute atomic E-state index is 5.56. The summed E-state index contributed by atoms with van der Waals surface area (Å²) < 4.78 is 5.56. The van der Waals surface area contributed by atoms with E-state index in [1.807, 2.05) is 38.2 Å². The monoisotopic (exact) mass is 213 g/mol. The number of fused-ring (bicyclic) bond motifs is 1. The van der Waals surface area contributed by atoms with Gasteiger partial charge in [0.05, 0.1) is 5.52 Å². The van der Waals surface area contributed by atoms with E-state index in [-0.39, 0.29) is 0 Å². The molecule has 0 unspecified atom stereocenters. The number of H-pyrrole nitrogens is 1. The minimum Gasteiger partial charge on any atom is -0.460 e. The lowest BCUT2D eigenvalue weighted by molar-refractivity contribution is 0.546. The van der Waals surface area contributed by atoms with Gasteiger partial charge in [-0.2, -0.15) is 5.10 Å². The summed E-state index contributed by atoms with van der Waals surface area (Å²) in [6.45, 7) is 3.87. The first-order valence-corrected chi connectivity index (χ1v) is 5.11. The Hall–Kier alpha value is -2.10. The third-order valence-electron chi connectivity index (χ3n) is 2.56. The zero-order valence-electron chi connectivity index (χ0n) is 9.11. The molecule has 3 aromatic heterocycles. The average molecular weight is 213 g/mol. The lowest BCUT2D eigenvalue weighted by Gasteiger charge is -1.93. The molecule has 0 aliphatic heterocycles. The number of rotatable bonds is 1. The van der Waals surface area contributed by atoms with Crippen LogP contribution in [0.3, 0.4) is 0 Å². The summed E-state index contributed by atoms with van der Waals surface area (Å²) >= 11 is 0. The Bertz CT molecular complexity index is 651. The molecule has 3 rings (SSSR count). The molecule has 0 spiro atoms. The molecule has 0 bridgehead atoms. The summed E-state index contributed by atoms with van der Waals surface area (Å²) in [5.74, 6) is 1.65. The van der Waals surface area contributed by atoms with Crippen LogP contribution in [0.25, 0.3) is 22.4 Å². The van der Waals surface area contributed by atoms with Gasteiger partial charge in [0, 0.05) is 17.3 Å². The molecule has 0 radical (unpaired) electrons. The molecular formula is C12H11N3O. The van der Waals surface area contributed by atoms with Crippen molar-refractivity contribution in [1.29, 1.82) is 0 Å². The van der Waals surface area contributed by atoms with Crippen molar-refractivity contribution in [2.45, 2.75) is 13.8 Å². The summed E-state index contributed by atoms with van der Waals surface area (Å²) in [7, 11) is 0. The summed E-state index contributed by atoms with van der Waals surface area (Å²) in [4.78, 5) is 4.27. The largest absolute Gasteiger partial charge is 0.460 e. The number of nitrogens with zero attached hydrogens (tertiary/aromatic N) is 2. The number of aryl methyl sites for hydroxylation is 2. The first-order valence-electron chi connectivity index (χ1n) is 5.11.